The number of anilines is 2. The summed E-state index contributed by atoms with van der Waals surface area (Å²) in [5.41, 5.74) is 5.67. The van der Waals surface area contributed by atoms with Crippen molar-refractivity contribution in [3.05, 3.63) is 4.88 Å². The van der Waals surface area contributed by atoms with Crippen LogP contribution in [-0.4, -0.2) is 55.2 Å². The van der Waals surface area contributed by atoms with Crippen molar-refractivity contribution in [2.45, 2.75) is 32.3 Å². The molecule has 6 nitrogen and oxygen atoms in total. The van der Waals surface area contributed by atoms with Gasteiger partial charge in [0.15, 0.2) is 5.13 Å². The molecule has 0 aliphatic carbocycles. The highest BCUT2D eigenvalue weighted by Crippen LogP contribution is 2.31. The first kappa shape index (κ1) is 16.0. The fourth-order valence-electron chi connectivity index (χ4n) is 2.46. The Kier molecular flexibility index (Phi) is 4.73. The lowest BCUT2D eigenvalue weighted by Crippen LogP contribution is -2.49. The number of ether oxygens (including phenoxy) is 1. The monoisotopic (exact) mass is 312 g/mol. The maximum absolute atomic E-state index is 12.7. The molecule has 0 radical (unpaired) electrons. The molecule has 0 saturated carbocycles. The molecule has 1 saturated heterocycles. The van der Waals surface area contributed by atoms with E-state index in [2.05, 4.69) is 4.98 Å². The minimum atomic E-state index is -0.267. The molecule has 7 heteroatoms. The normalized spacial score (nSPS) is 22.4. The maximum Gasteiger partial charge on any atom is 0.267 e. The first-order valence-electron chi connectivity index (χ1n) is 7.22. The molecule has 1 aliphatic rings. The average molecular weight is 312 g/mol. The van der Waals surface area contributed by atoms with Gasteiger partial charge in [-0.3, -0.25) is 4.79 Å². The zero-order valence-electron chi connectivity index (χ0n) is 13.2. The number of likely N-dealkylation sites (tertiary alicyclic amines) is 1. The van der Waals surface area contributed by atoms with E-state index >= 15 is 0 Å². The third kappa shape index (κ3) is 3.29. The van der Waals surface area contributed by atoms with Crippen LogP contribution in [0.3, 0.4) is 0 Å². The van der Waals surface area contributed by atoms with Crippen LogP contribution in [0.2, 0.25) is 0 Å². The summed E-state index contributed by atoms with van der Waals surface area (Å²) in [6, 6.07) is 0. The topological polar surface area (TPSA) is 71.7 Å². The number of hydrogen-bond acceptors (Lipinski definition) is 6. The molecule has 1 fully saturated rings. The second-order valence-corrected chi connectivity index (χ2v) is 6.69. The van der Waals surface area contributed by atoms with Gasteiger partial charge in [-0.25, -0.2) is 4.98 Å². The van der Waals surface area contributed by atoms with E-state index in [0.29, 0.717) is 17.2 Å². The van der Waals surface area contributed by atoms with Gasteiger partial charge in [0.05, 0.1) is 5.60 Å². The van der Waals surface area contributed by atoms with Crippen LogP contribution in [0.4, 0.5) is 10.9 Å². The average Bonchev–Trinajstić information content (AvgIpc) is 2.87. The standard InChI is InChI=1S/C14H24N4O2S/c1-5-17(3)13-16-11(15)10(21-13)12(19)18-8-6-7-14(2,9-18)20-4/h5-9,15H2,1-4H3. The van der Waals surface area contributed by atoms with Crippen LogP contribution < -0.4 is 10.6 Å². The van der Waals surface area contributed by atoms with E-state index in [1.165, 1.54) is 11.3 Å². The number of thiazole rings is 1. The molecule has 1 aromatic rings. The van der Waals surface area contributed by atoms with Gasteiger partial charge in [-0.1, -0.05) is 11.3 Å². The lowest BCUT2D eigenvalue weighted by molar-refractivity contribution is -0.0438. The van der Waals surface area contributed by atoms with Crippen molar-refractivity contribution in [2.75, 3.05) is 44.4 Å². The van der Waals surface area contributed by atoms with Crippen LogP contribution in [0.25, 0.3) is 0 Å². The Balaban J connectivity index is 2.18. The minimum Gasteiger partial charge on any atom is -0.382 e. The van der Waals surface area contributed by atoms with Gasteiger partial charge in [0, 0.05) is 33.8 Å². The number of rotatable bonds is 4. The van der Waals surface area contributed by atoms with Crippen LogP contribution >= 0.6 is 11.3 Å². The molecule has 1 atom stereocenters. The van der Waals surface area contributed by atoms with Gasteiger partial charge in [-0.2, -0.15) is 0 Å². The molecule has 118 valence electrons. The Morgan fingerprint density at radius 3 is 2.95 bits per heavy atom. The van der Waals surface area contributed by atoms with Crippen LogP contribution in [0.15, 0.2) is 0 Å². The van der Waals surface area contributed by atoms with Gasteiger partial charge in [0.1, 0.15) is 10.7 Å². The van der Waals surface area contributed by atoms with Crippen molar-refractivity contribution >= 4 is 28.2 Å². The molecule has 0 spiro atoms. The van der Waals surface area contributed by atoms with E-state index in [0.717, 1.165) is 31.1 Å². The second kappa shape index (κ2) is 6.19. The van der Waals surface area contributed by atoms with Crippen molar-refractivity contribution in [3.8, 4) is 0 Å². The van der Waals surface area contributed by atoms with Gasteiger partial charge >= 0.3 is 0 Å². The number of hydrogen-bond donors (Lipinski definition) is 1. The first-order chi connectivity index (χ1) is 9.90. The Labute approximate surface area is 129 Å². The summed E-state index contributed by atoms with van der Waals surface area (Å²) in [5.74, 6) is 0.286. The van der Waals surface area contributed by atoms with Crippen molar-refractivity contribution in [3.63, 3.8) is 0 Å². The molecule has 1 aromatic heterocycles. The fourth-order valence-corrected chi connectivity index (χ4v) is 3.44. The second-order valence-electron chi connectivity index (χ2n) is 5.71. The highest BCUT2D eigenvalue weighted by Gasteiger charge is 2.34. The number of aromatic nitrogens is 1. The summed E-state index contributed by atoms with van der Waals surface area (Å²) >= 11 is 1.36. The van der Waals surface area contributed by atoms with E-state index < -0.39 is 0 Å². The van der Waals surface area contributed by atoms with E-state index in [9.17, 15) is 4.79 Å². The van der Waals surface area contributed by atoms with Crippen molar-refractivity contribution in [1.82, 2.24) is 9.88 Å². The molecule has 21 heavy (non-hydrogen) atoms. The molecule has 1 amide bonds. The summed E-state index contributed by atoms with van der Waals surface area (Å²) in [6.07, 6.45) is 1.91. The van der Waals surface area contributed by atoms with E-state index in [-0.39, 0.29) is 11.5 Å². The van der Waals surface area contributed by atoms with Crippen molar-refractivity contribution in [2.24, 2.45) is 0 Å². The van der Waals surface area contributed by atoms with E-state index in [1.54, 1.807) is 7.11 Å². The number of carbonyl (C=O) groups is 1. The van der Waals surface area contributed by atoms with Gasteiger partial charge in [-0.15, -0.1) is 0 Å². The Hall–Kier alpha value is -1.34. The zero-order chi connectivity index (χ0) is 15.6. The zero-order valence-corrected chi connectivity index (χ0v) is 14.0. The predicted molar refractivity (Wildman–Crippen MR) is 86.0 cm³/mol. The molecule has 0 bridgehead atoms. The highest BCUT2D eigenvalue weighted by atomic mass is 32.1. The number of amides is 1. The molecule has 0 aromatic carbocycles. The van der Waals surface area contributed by atoms with Crippen molar-refractivity contribution < 1.29 is 9.53 Å². The van der Waals surface area contributed by atoms with Gasteiger partial charge < -0.3 is 20.3 Å². The number of methoxy groups -OCH3 is 1. The first-order valence-corrected chi connectivity index (χ1v) is 8.03. The molecular formula is C14H24N4O2S. The van der Waals surface area contributed by atoms with Gasteiger partial charge in [0.2, 0.25) is 0 Å². The number of nitrogens with zero attached hydrogens (tertiary/aromatic N) is 3. The van der Waals surface area contributed by atoms with E-state index in [4.69, 9.17) is 10.5 Å². The summed E-state index contributed by atoms with van der Waals surface area (Å²) < 4.78 is 5.54. The Morgan fingerprint density at radius 2 is 2.33 bits per heavy atom. The lowest BCUT2D eigenvalue weighted by Gasteiger charge is -2.39. The summed E-state index contributed by atoms with van der Waals surface area (Å²) in [5, 5.41) is 0.782. The number of nitrogen functional groups attached to an aromatic ring is 1. The van der Waals surface area contributed by atoms with Crippen LogP contribution in [0.1, 0.15) is 36.4 Å². The largest absolute Gasteiger partial charge is 0.382 e. The molecule has 1 aliphatic heterocycles. The maximum atomic E-state index is 12.7. The lowest BCUT2D eigenvalue weighted by atomic mass is 9.94. The highest BCUT2D eigenvalue weighted by molar-refractivity contribution is 7.18. The van der Waals surface area contributed by atoms with Gasteiger partial charge in [0.25, 0.3) is 5.91 Å². The summed E-state index contributed by atoms with van der Waals surface area (Å²) in [7, 11) is 3.64. The summed E-state index contributed by atoms with van der Waals surface area (Å²) in [4.78, 5) is 21.3. The number of carbonyl (C=O) groups excluding carboxylic acids is 1. The van der Waals surface area contributed by atoms with Crippen molar-refractivity contribution in [1.29, 1.82) is 0 Å². The molecule has 2 rings (SSSR count). The van der Waals surface area contributed by atoms with Crippen LogP contribution in [-0.2, 0) is 4.74 Å². The Bertz CT molecular complexity index is 519. The number of nitrogens with two attached hydrogens (primary N) is 1. The fraction of sp³-hybridized carbons (Fsp3) is 0.714. The van der Waals surface area contributed by atoms with Gasteiger partial charge in [-0.05, 0) is 26.7 Å². The molecule has 2 heterocycles. The Morgan fingerprint density at radius 1 is 1.62 bits per heavy atom. The smallest absolute Gasteiger partial charge is 0.267 e. The molecular weight excluding hydrogens is 288 g/mol. The summed E-state index contributed by atoms with van der Waals surface area (Å²) in [6.45, 7) is 6.24. The molecule has 2 N–H and O–H groups in total. The number of piperidine rings is 1. The third-order valence-electron chi connectivity index (χ3n) is 4.08. The predicted octanol–water partition coefficient (Wildman–Crippen LogP) is 1.82. The quantitative estimate of drug-likeness (QED) is 0.918. The molecule has 1 unspecified atom stereocenters. The van der Waals surface area contributed by atoms with Crippen LogP contribution in [0.5, 0.6) is 0 Å². The minimum absolute atomic E-state index is 0.0382. The van der Waals surface area contributed by atoms with Crippen LogP contribution in [0, 0.1) is 0 Å². The van der Waals surface area contributed by atoms with E-state index in [1.807, 2.05) is 30.7 Å². The SMILES string of the molecule is CCN(C)c1nc(N)c(C(=O)N2CCCC(C)(OC)C2)s1. The third-order valence-corrected chi connectivity index (χ3v) is 5.25.